The minimum absolute atomic E-state index is 0.0817. The molecule has 1 aliphatic carbocycles. The molecule has 0 aromatic rings. The Morgan fingerprint density at radius 3 is 2.48 bits per heavy atom. The molecule has 23 heavy (non-hydrogen) atoms. The third kappa shape index (κ3) is 3.61. The number of ether oxygens (including phenoxy) is 2. The highest BCUT2D eigenvalue weighted by Gasteiger charge is 2.48. The van der Waals surface area contributed by atoms with Crippen LogP contribution >= 0.6 is 0 Å². The van der Waals surface area contributed by atoms with Gasteiger partial charge in [-0.05, 0) is 25.7 Å². The number of hydrogen-bond donors (Lipinski definition) is 5. The summed E-state index contributed by atoms with van der Waals surface area (Å²) in [6.07, 6.45) is -4.31. The van der Waals surface area contributed by atoms with Crippen LogP contribution in [0.2, 0.25) is 0 Å². The molecule has 134 valence electrons. The summed E-state index contributed by atoms with van der Waals surface area (Å²) in [7, 11) is 0. The average Bonchev–Trinajstić information content (AvgIpc) is 2.51. The number of allylic oxidation sites excluding steroid dienone is 1. The maximum Gasteiger partial charge on any atom is 0.187 e. The Balaban J connectivity index is 2.19. The number of aliphatic hydroxyl groups excluding tert-OH is 4. The van der Waals surface area contributed by atoms with E-state index >= 15 is 0 Å². The van der Waals surface area contributed by atoms with Crippen LogP contribution in [0.1, 0.15) is 33.6 Å². The van der Waals surface area contributed by atoms with E-state index in [0.717, 1.165) is 12.0 Å². The van der Waals surface area contributed by atoms with Gasteiger partial charge in [-0.15, -0.1) is 0 Å². The second kappa shape index (κ2) is 7.14. The monoisotopic (exact) mass is 332 g/mol. The zero-order valence-corrected chi connectivity index (χ0v) is 13.8. The minimum atomic E-state index is -1.49. The fourth-order valence-electron chi connectivity index (χ4n) is 3.12. The molecule has 1 fully saturated rings. The summed E-state index contributed by atoms with van der Waals surface area (Å²) in [5, 5.41) is 49.9. The van der Waals surface area contributed by atoms with E-state index in [1.807, 2.05) is 20.8 Å². The Bertz CT molecular complexity index is 436. The fraction of sp³-hybridized carbons (Fsp3) is 0.875. The predicted molar refractivity (Wildman–Crippen MR) is 81.4 cm³/mol. The molecule has 0 unspecified atom stereocenters. The highest BCUT2D eigenvalue weighted by Crippen LogP contribution is 2.37. The van der Waals surface area contributed by atoms with Crippen molar-refractivity contribution < 1.29 is 35.0 Å². The first-order chi connectivity index (χ1) is 10.7. The first kappa shape index (κ1) is 18.8. The van der Waals surface area contributed by atoms with Gasteiger partial charge in [-0.3, -0.25) is 0 Å². The molecule has 1 saturated heterocycles. The van der Waals surface area contributed by atoms with Crippen molar-refractivity contribution in [1.29, 1.82) is 0 Å². The van der Waals surface area contributed by atoms with Gasteiger partial charge < -0.3 is 35.0 Å². The first-order valence-electron chi connectivity index (χ1n) is 8.06. The van der Waals surface area contributed by atoms with Crippen LogP contribution in [0.3, 0.4) is 0 Å². The Kier molecular flexibility index (Phi) is 5.84. The van der Waals surface area contributed by atoms with E-state index < -0.39 is 49.0 Å². The highest BCUT2D eigenvalue weighted by atomic mass is 16.7. The van der Waals surface area contributed by atoms with Crippen LogP contribution in [0.5, 0.6) is 0 Å². The fourth-order valence-corrected chi connectivity index (χ4v) is 3.12. The molecule has 0 aromatic carbocycles. The molecule has 1 aliphatic heterocycles. The largest absolute Gasteiger partial charge is 0.394 e. The van der Waals surface area contributed by atoms with Crippen molar-refractivity contribution >= 4 is 0 Å². The molecule has 7 heteroatoms. The van der Waals surface area contributed by atoms with E-state index in [0.29, 0.717) is 6.42 Å². The van der Waals surface area contributed by atoms with E-state index in [1.54, 1.807) is 6.08 Å². The third-order valence-corrected chi connectivity index (χ3v) is 4.98. The van der Waals surface area contributed by atoms with Crippen molar-refractivity contribution in [2.75, 3.05) is 6.61 Å². The Morgan fingerprint density at radius 1 is 1.26 bits per heavy atom. The number of hydrogen-bond acceptors (Lipinski definition) is 7. The van der Waals surface area contributed by atoms with Crippen LogP contribution in [0, 0.1) is 5.92 Å². The smallest absolute Gasteiger partial charge is 0.187 e. The van der Waals surface area contributed by atoms with E-state index in [9.17, 15) is 25.5 Å². The summed E-state index contributed by atoms with van der Waals surface area (Å²) in [5.41, 5.74) is -0.0527. The van der Waals surface area contributed by atoms with Gasteiger partial charge in [0.1, 0.15) is 30.5 Å². The number of rotatable bonds is 4. The van der Waals surface area contributed by atoms with Gasteiger partial charge in [0.25, 0.3) is 0 Å². The molecular formula is C16H28O7. The van der Waals surface area contributed by atoms with Crippen molar-refractivity contribution in [3.05, 3.63) is 11.6 Å². The van der Waals surface area contributed by atoms with Crippen molar-refractivity contribution in [3.8, 4) is 0 Å². The maximum atomic E-state index is 10.9. The quantitative estimate of drug-likeness (QED) is 0.432. The SMILES string of the molecule is CC1=C[C@H](O[C@@H]2O[C@H](CO)[C@@H](O)[C@H](O)[C@H]2O)[C@](O)(C(C)C)CC1. The molecule has 0 spiro atoms. The van der Waals surface area contributed by atoms with E-state index in [-0.39, 0.29) is 5.92 Å². The van der Waals surface area contributed by atoms with Crippen LogP contribution < -0.4 is 0 Å². The molecular weight excluding hydrogens is 304 g/mol. The van der Waals surface area contributed by atoms with Gasteiger partial charge in [-0.2, -0.15) is 0 Å². The van der Waals surface area contributed by atoms with Gasteiger partial charge in [-0.25, -0.2) is 0 Å². The molecule has 0 amide bonds. The van der Waals surface area contributed by atoms with E-state index in [2.05, 4.69) is 0 Å². The van der Waals surface area contributed by atoms with Gasteiger partial charge in [0.2, 0.25) is 0 Å². The van der Waals surface area contributed by atoms with Gasteiger partial charge in [0.15, 0.2) is 6.29 Å². The van der Waals surface area contributed by atoms with Crippen LogP contribution in [0.15, 0.2) is 11.6 Å². The second-order valence-electron chi connectivity index (χ2n) is 6.91. The van der Waals surface area contributed by atoms with Crippen LogP contribution in [0.4, 0.5) is 0 Å². The molecule has 0 bridgehead atoms. The Hall–Kier alpha value is -0.540. The van der Waals surface area contributed by atoms with Crippen molar-refractivity contribution in [1.82, 2.24) is 0 Å². The Morgan fingerprint density at radius 2 is 1.91 bits per heavy atom. The van der Waals surface area contributed by atoms with E-state index in [1.165, 1.54) is 0 Å². The standard InChI is InChI=1S/C16H28O7/c1-8(2)16(21)5-4-9(3)6-11(16)23-15-14(20)13(19)12(18)10(7-17)22-15/h6,8,10-15,17-21H,4-5,7H2,1-3H3/t10-,11+,12-,13+,14-,15+,16-/m1/s1. The number of aliphatic hydroxyl groups is 5. The lowest BCUT2D eigenvalue weighted by Crippen LogP contribution is -2.61. The van der Waals surface area contributed by atoms with Gasteiger partial charge in [-0.1, -0.05) is 25.5 Å². The molecule has 5 N–H and O–H groups in total. The lowest BCUT2D eigenvalue weighted by atomic mass is 9.76. The normalized spacial score (nSPS) is 45.2. The summed E-state index contributed by atoms with van der Waals surface area (Å²) in [5.74, 6) is -0.0817. The summed E-state index contributed by atoms with van der Waals surface area (Å²) in [6, 6.07) is 0. The van der Waals surface area contributed by atoms with Crippen LogP contribution in [-0.4, -0.2) is 74.6 Å². The lowest BCUT2D eigenvalue weighted by Gasteiger charge is -2.46. The highest BCUT2D eigenvalue weighted by molar-refractivity contribution is 5.15. The van der Waals surface area contributed by atoms with Crippen LogP contribution in [-0.2, 0) is 9.47 Å². The van der Waals surface area contributed by atoms with Crippen LogP contribution in [0.25, 0.3) is 0 Å². The van der Waals surface area contributed by atoms with Crippen molar-refractivity contribution in [3.63, 3.8) is 0 Å². The predicted octanol–water partition coefficient (Wildman–Crippen LogP) is -0.701. The topological polar surface area (TPSA) is 120 Å². The lowest BCUT2D eigenvalue weighted by molar-refractivity contribution is -0.321. The molecule has 7 nitrogen and oxygen atoms in total. The maximum absolute atomic E-state index is 10.9. The second-order valence-corrected chi connectivity index (χ2v) is 6.91. The molecule has 0 radical (unpaired) electrons. The summed E-state index contributed by atoms with van der Waals surface area (Å²) in [4.78, 5) is 0. The molecule has 2 rings (SSSR count). The van der Waals surface area contributed by atoms with Gasteiger partial charge in [0.05, 0.1) is 12.2 Å². The zero-order chi connectivity index (χ0) is 17.4. The van der Waals surface area contributed by atoms with Crippen molar-refractivity contribution in [2.45, 2.75) is 76.0 Å². The van der Waals surface area contributed by atoms with Gasteiger partial charge in [0, 0.05) is 0 Å². The molecule has 0 saturated carbocycles. The molecule has 1 heterocycles. The molecule has 7 atom stereocenters. The van der Waals surface area contributed by atoms with Gasteiger partial charge >= 0.3 is 0 Å². The third-order valence-electron chi connectivity index (χ3n) is 4.98. The van der Waals surface area contributed by atoms with Crippen molar-refractivity contribution in [2.24, 2.45) is 5.92 Å². The summed E-state index contributed by atoms with van der Waals surface area (Å²) in [6.45, 7) is 5.19. The minimum Gasteiger partial charge on any atom is -0.394 e. The average molecular weight is 332 g/mol. The summed E-state index contributed by atoms with van der Waals surface area (Å²) < 4.78 is 11.1. The van der Waals surface area contributed by atoms with E-state index in [4.69, 9.17) is 9.47 Å². The zero-order valence-electron chi connectivity index (χ0n) is 13.8. The molecule has 0 aromatic heterocycles. The Labute approximate surface area is 136 Å². The summed E-state index contributed by atoms with van der Waals surface area (Å²) >= 11 is 0. The first-order valence-corrected chi connectivity index (χ1v) is 8.06. The molecule has 2 aliphatic rings.